The third kappa shape index (κ3) is 4.99. The van der Waals surface area contributed by atoms with Gasteiger partial charge in [0, 0.05) is 24.5 Å². The minimum absolute atomic E-state index is 0.0760. The van der Waals surface area contributed by atoms with E-state index in [0.717, 1.165) is 31.5 Å². The van der Waals surface area contributed by atoms with Crippen LogP contribution in [0.15, 0.2) is 48.5 Å². The molecule has 136 valence electrons. The van der Waals surface area contributed by atoms with E-state index >= 15 is 0 Å². The highest BCUT2D eigenvalue weighted by molar-refractivity contribution is 5.94. The van der Waals surface area contributed by atoms with Crippen LogP contribution in [0.3, 0.4) is 0 Å². The molecule has 0 atom stereocenters. The number of anilines is 2. The molecule has 0 spiro atoms. The number of urea groups is 1. The lowest BCUT2D eigenvalue weighted by molar-refractivity contribution is -0.118. The first-order valence-electron chi connectivity index (χ1n) is 8.75. The molecule has 0 bridgehead atoms. The molecule has 0 aliphatic carbocycles. The van der Waals surface area contributed by atoms with E-state index in [2.05, 4.69) is 10.6 Å². The Morgan fingerprint density at radius 1 is 1.00 bits per heavy atom. The molecule has 2 N–H and O–H groups in total. The fraction of sp³-hybridized carbons (Fsp3) is 0.300. The van der Waals surface area contributed by atoms with Gasteiger partial charge in [0.1, 0.15) is 5.75 Å². The van der Waals surface area contributed by atoms with Crippen LogP contribution in [-0.4, -0.2) is 36.5 Å². The van der Waals surface area contributed by atoms with E-state index in [4.69, 9.17) is 4.74 Å². The van der Waals surface area contributed by atoms with Gasteiger partial charge in [-0.15, -0.1) is 0 Å². The van der Waals surface area contributed by atoms with Gasteiger partial charge in [-0.3, -0.25) is 4.79 Å². The highest BCUT2D eigenvalue weighted by Crippen LogP contribution is 2.17. The van der Waals surface area contributed by atoms with Crippen LogP contribution in [-0.2, 0) is 4.79 Å². The molecule has 3 amide bonds. The summed E-state index contributed by atoms with van der Waals surface area (Å²) in [4.78, 5) is 26.0. The summed E-state index contributed by atoms with van der Waals surface area (Å²) in [6.45, 7) is 3.50. The highest BCUT2D eigenvalue weighted by Gasteiger charge is 2.17. The van der Waals surface area contributed by atoms with Gasteiger partial charge in [0.2, 0.25) is 0 Å². The molecule has 3 rings (SSSR count). The lowest BCUT2D eigenvalue weighted by atomic mass is 10.2. The zero-order valence-electron chi connectivity index (χ0n) is 14.8. The summed E-state index contributed by atoms with van der Waals surface area (Å²) in [7, 11) is 0. The second-order valence-corrected chi connectivity index (χ2v) is 6.36. The maximum atomic E-state index is 12.1. The molecule has 2 aromatic carbocycles. The molecule has 1 heterocycles. The zero-order chi connectivity index (χ0) is 18.4. The van der Waals surface area contributed by atoms with Gasteiger partial charge in [-0.25, -0.2) is 4.79 Å². The van der Waals surface area contributed by atoms with Crippen LogP contribution >= 0.6 is 0 Å². The predicted octanol–water partition coefficient (Wildman–Crippen LogP) is 3.64. The van der Waals surface area contributed by atoms with E-state index in [1.165, 1.54) is 0 Å². The summed E-state index contributed by atoms with van der Waals surface area (Å²) in [5, 5.41) is 5.64. The van der Waals surface area contributed by atoms with Crippen molar-refractivity contribution in [2.24, 2.45) is 0 Å². The predicted molar refractivity (Wildman–Crippen MR) is 102 cm³/mol. The van der Waals surface area contributed by atoms with Crippen LogP contribution in [0, 0.1) is 6.92 Å². The van der Waals surface area contributed by atoms with Crippen molar-refractivity contribution >= 4 is 23.3 Å². The van der Waals surface area contributed by atoms with Gasteiger partial charge in [-0.05, 0) is 50.1 Å². The molecule has 6 nitrogen and oxygen atoms in total. The molecule has 6 heteroatoms. The standard InChI is InChI=1S/C20H23N3O3/c1-15-7-9-18(10-8-15)26-14-19(24)21-16-5-4-6-17(13-16)22-20(25)23-11-2-3-12-23/h4-10,13H,2-3,11-12,14H2,1H3,(H,21,24)(H,22,25). The fourth-order valence-electron chi connectivity index (χ4n) is 2.78. The molecular weight excluding hydrogens is 330 g/mol. The molecule has 2 aromatic rings. The van der Waals surface area contributed by atoms with Crippen LogP contribution in [0.5, 0.6) is 5.75 Å². The van der Waals surface area contributed by atoms with Crippen LogP contribution in [0.4, 0.5) is 16.2 Å². The fourth-order valence-corrected chi connectivity index (χ4v) is 2.78. The van der Waals surface area contributed by atoms with Crippen molar-refractivity contribution in [3.05, 3.63) is 54.1 Å². The maximum Gasteiger partial charge on any atom is 0.321 e. The van der Waals surface area contributed by atoms with Gasteiger partial charge >= 0.3 is 6.03 Å². The minimum Gasteiger partial charge on any atom is -0.484 e. The molecule has 1 fully saturated rings. The largest absolute Gasteiger partial charge is 0.484 e. The number of amides is 3. The topological polar surface area (TPSA) is 70.7 Å². The molecule has 0 unspecified atom stereocenters. The van der Waals surface area contributed by atoms with E-state index in [1.807, 2.05) is 31.2 Å². The Kier molecular flexibility index (Phi) is 5.73. The monoisotopic (exact) mass is 353 g/mol. The number of likely N-dealkylation sites (tertiary alicyclic amines) is 1. The first kappa shape index (κ1) is 17.8. The van der Waals surface area contributed by atoms with E-state index in [1.54, 1.807) is 29.2 Å². The average Bonchev–Trinajstić information content (AvgIpc) is 3.16. The molecule has 1 aliphatic heterocycles. The van der Waals surface area contributed by atoms with Crippen molar-refractivity contribution in [2.75, 3.05) is 30.3 Å². The third-order valence-corrected chi connectivity index (χ3v) is 4.18. The minimum atomic E-state index is -0.256. The van der Waals surface area contributed by atoms with Crippen LogP contribution in [0.1, 0.15) is 18.4 Å². The molecule has 0 aromatic heterocycles. The molecule has 1 saturated heterocycles. The van der Waals surface area contributed by atoms with Crippen molar-refractivity contribution in [3.8, 4) is 5.75 Å². The van der Waals surface area contributed by atoms with Gasteiger partial charge in [0.25, 0.3) is 5.91 Å². The van der Waals surface area contributed by atoms with Crippen molar-refractivity contribution in [3.63, 3.8) is 0 Å². The Labute approximate surface area is 153 Å². The number of ether oxygens (including phenoxy) is 1. The van der Waals surface area contributed by atoms with E-state index in [9.17, 15) is 9.59 Å². The number of carbonyl (C=O) groups is 2. The summed E-state index contributed by atoms with van der Waals surface area (Å²) in [6.07, 6.45) is 2.09. The van der Waals surface area contributed by atoms with Gasteiger partial charge in [-0.2, -0.15) is 0 Å². The SMILES string of the molecule is Cc1ccc(OCC(=O)Nc2cccc(NC(=O)N3CCCC3)c2)cc1. The molecule has 1 aliphatic rings. The number of hydrogen-bond donors (Lipinski definition) is 2. The van der Waals surface area contributed by atoms with Crippen LogP contribution < -0.4 is 15.4 Å². The summed E-state index contributed by atoms with van der Waals surface area (Å²) in [5.41, 5.74) is 2.40. The number of nitrogens with zero attached hydrogens (tertiary/aromatic N) is 1. The number of hydrogen-bond acceptors (Lipinski definition) is 3. The lowest BCUT2D eigenvalue weighted by Gasteiger charge is -2.16. The van der Waals surface area contributed by atoms with Gasteiger partial charge in [0.15, 0.2) is 6.61 Å². The normalized spacial score (nSPS) is 13.3. The summed E-state index contributed by atoms with van der Waals surface area (Å²) in [5.74, 6) is 0.394. The average molecular weight is 353 g/mol. The summed E-state index contributed by atoms with van der Waals surface area (Å²) < 4.78 is 5.47. The van der Waals surface area contributed by atoms with Crippen molar-refractivity contribution in [2.45, 2.75) is 19.8 Å². The van der Waals surface area contributed by atoms with Gasteiger partial charge < -0.3 is 20.3 Å². The second kappa shape index (κ2) is 8.38. The van der Waals surface area contributed by atoms with Gasteiger partial charge in [0.05, 0.1) is 0 Å². The number of benzene rings is 2. The number of rotatable bonds is 5. The van der Waals surface area contributed by atoms with Crippen LogP contribution in [0.2, 0.25) is 0 Å². The molecule has 0 saturated carbocycles. The third-order valence-electron chi connectivity index (χ3n) is 4.18. The number of nitrogens with one attached hydrogen (secondary N) is 2. The first-order chi connectivity index (χ1) is 12.6. The van der Waals surface area contributed by atoms with Crippen molar-refractivity contribution in [1.29, 1.82) is 0 Å². The van der Waals surface area contributed by atoms with E-state index in [-0.39, 0.29) is 18.5 Å². The van der Waals surface area contributed by atoms with Crippen molar-refractivity contribution in [1.82, 2.24) is 4.90 Å². The zero-order valence-corrected chi connectivity index (χ0v) is 14.8. The second-order valence-electron chi connectivity index (χ2n) is 6.36. The smallest absolute Gasteiger partial charge is 0.321 e. The Morgan fingerprint density at radius 2 is 1.65 bits per heavy atom. The van der Waals surface area contributed by atoms with Crippen molar-refractivity contribution < 1.29 is 14.3 Å². The molecule has 0 radical (unpaired) electrons. The van der Waals surface area contributed by atoms with Crippen LogP contribution in [0.25, 0.3) is 0 Å². The number of aryl methyl sites for hydroxylation is 1. The lowest BCUT2D eigenvalue weighted by Crippen LogP contribution is -2.32. The van der Waals surface area contributed by atoms with Gasteiger partial charge in [-0.1, -0.05) is 23.8 Å². The Balaban J connectivity index is 1.51. The Hall–Kier alpha value is -3.02. The quantitative estimate of drug-likeness (QED) is 0.862. The highest BCUT2D eigenvalue weighted by atomic mass is 16.5. The van der Waals surface area contributed by atoms with E-state index in [0.29, 0.717) is 17.1 Å². The maximum absolute atomic E-state index is 12.1. The molecular formula is C20H23N3O3. The Bertz CT molecular complexity index is 768. The Morgan fingerprint density at radius 3 is 2.35 bits per heavy atom. The molecule has 26 heavy (non-hydrogen) atoms. The number of carbonyl (C=O) groups excluding carboxylic acids is 2. The summed E-state index contributed by atoms with van der Waals surface area (Å²) in [6, 6.07) is 14.5. The van der Waals surface area contributed by atoms with E-state index < -0.39 is 0 Å². The first-order valence-corrected chi connectivity index (χ1v) is 8.75. The summed E-state index contributed by atoms with van der Waals surface area (Å²) >= 11 is 0.